The summed E-state index contributed by atoms with van der Waals surface area (Å²) in [7, 11) is 0. The van der Waals surface area contributed by atoms with E-state index in [1.54, 1.807) is 0 Å². The van der Waals surface area contributed by atoms with Crippen LogP contribution >= 0.6 is 0 Å². The minimum Gasteiger partial charge on any atom is -0.357 e. The van der Waals surface area contributed by atoms with Gasteiger partial charge < -0.3 is 4.90 Å². The topological polar surface area (TPSA) is 89.3 Å². The highest BCUT2D eigenvalue weighted by Gasteiger charge is 2.46. The van der Waals surface area contributed by atoms with Gasteiger partial charge in [0.2, 0.25) is 0 Å². The minimum atomic E-state index is -0.635. The maximum Gasteiger partial charge on any atom is 0.299 e. The number of nitrogens with zero attached hydrogens (tertiary/aromatic N) is 3. The van der Waals surface area contributed by atoms with Crippen LogP contribution in [-0.2, 0) is 0 Å². The number of hydrogen-bond acceptors (Lipinski definition) is 5. The van der Waals surface area contributed by atoms with Crippen LogP contribution in [0.5, 0.6) is 0 Å². The summed E-state index contributed by atoms with van der Waals surface area (Å²) in [6, 6.07) is 3.73. The summed E-state index contributed by atoms with van der Waals surface area (Å²) in [6.07, 6.45) is 0. The van der Waals surface area contributed by atoms with Crippen molar-refractivity contribution in [2.24, 2.45) is 0 Å². The van der Waals surface area contributed by atoms with E-state index in [1.807, 2.05) is 18.7 Å². The molecule has 1 fully saturated rings. The standard InChI is InChI=1S/C10H11N3O4/c1-10(2)6-11(10)8-4-3-7(12(14)15)5-9(8)13(16)17/h3-5H,6H2,1-2H3. The molecule has 7 nitrogen and oxygen atoms in total. The molecule has 0 amide bonds. The Balaban J connectivity index is 2.46. The molecule has 1 aromatic carbocycles. The average Bonchev–Trinajstić information content (AvgIpc) is 2.86. The maximum absolute atomic E-state index is 10.9. The van der Waals surface area contributed by atoms with Crippen molar-refractivity contribution in [3.8, 4) is 0 Å². The number of benzene rings is 1. The Morgan fingerprint density at radius 1 is 1.24 bits per heavy atom. The zero-order valence-electron chi connectivity index (χ0n) is 9.41. The van der Waals surface area contributed by atoms with Crippen LogP contribution in [0.3, 0.4) is 0 Å². The number of non-ortho nitro benzene ring substituents is 1. The van der Waals surface area contributed by atoms with Gasteiger partial charge in [-0.05, 0) is 19.9 Å². The summed E-state index contributed by atoms with van der Waals surface area (Å²) < 4.78 is 0. The Morgan fingerprint density at radius 3 is 2.24 bits per heavy atom. The average molecular weight is 237 g/mol. The second-order valence-electron chi connectivity index (χ2n) is 4.59. The Hall–Kier alpha value is -2.18. The Labute approximate surface area is 97.0 Å². The summed E-state index contributed by atoms with van der Waals surface area (Å²) in [4.78, 5) is 22.1. The number of hydrogen-bond donors (Lipinski definition) is 0. The van der Waals surface area contributed by atoms with Crippen molar-refractivity contribution in [3.05, 3.63) is 38.4 Å². The molecule has 1 aliphatic heterocycles. The molecule has 0 bridgehead atoms. The summed E-state index contributed by atoms with van der Waals surface area (Å²) in [5.74, 6) is 0. The lowest BCUT2D eigenvalue weighted by molar-refractivity contribution is -0.393. The lowest BCUT2D eigenvalue weighted by Crippen LogP contribution is -2.09. The first kappa shape index (κ1) is 11.3. The number of nitro groups is 2. The van der Waals surface area contributed by atoms with Gasteiger partial charge in [-0.1, -0.05) is 0 Å². The second kappa shape index (κ2) is 3.41. The number of rotatable bonds is 3. The first-order valence-corrected chi connectivity index (χ1v) is 5.03. The molecule has 0 unspecified atom stereocenters. The molecule has 0 radical (unpaired) electrons. The van der Waals surface area contributed by atoms with Gasteiger partial charge in [0, 0.05) is 12.6 Å². The maximum atomic E-state index is 10.9. The molecule has 0 spiro atoms. The van der Waals surface area contributed by atoms with Gasteiger partial charge in [0.05, 0.1) is 21.5 Å². The molecule has 0 atom stereocenters. The molecular formula is C10H11N3O4. The van der Waals surface area contributed by atoms with Crippen molar-refractivity contribution < 1.29 is 9.85 Å². The third kappa shape index (κ3) is 1.91. The largest absolute Gasteiger partial charge is 0.357 e. The highest BCUT2D eigenvalue weighted by Crippen LogP contribution is 2.43. The van der Waals surface area contributed by atoms with E-state index in [-0.39, 0.29) is 16.9 Å². The van der Waals surface area contributed by atoms with Gasteiger partial charge in [-0.25, -0.2) is 0 Å². The zero-order valence-corrected chi connectivity index (χ0v) is 9.41. The van der Waals surface area contributed by atoms with Gasteiger partial charge in [-0.15, -0.1) is 0 Å². The summed E-state index contributed by atoms with van der Waals surface area (Å²) >= 11 is 0. The van der Waals surface area contributed by atoms with Gasteiger partial charge >= 0.3 is 0 Å². The van der Waals surface area contributed by atoms with Crippen LogP contribution in [0.25, 0.3) is 0 Å². The van der Waals surface area contributed by atoms with Gasteiger partial charge in [0.1, 0.15) is 5.69 Å². The van der Waals surface area contributed by atoms with E-state index >= 15 is 0 Å². The van der Waals surface area contributed by atoms with E-state index in [4.69, 9.17) is 0 Å². The fourth-order valence-corrected chi connectivity index (χ4v) is 1.76. The van der Waals surface area contributed by atoms with E-state index in [1.165, 1.54) is 12.1 Å². The first-order chi connectivity index (χ1) is 7.83. The Bertz CT molecular complexity index is 512. The predicted octanol–water partition coefficient (Wildman–Crippen LogP) is 2.10. The highest BCUT2D eigenvalue weighted by atomic mass is 16.6. The van der Waals surface area contributed by atoms with Crippen LogP contribution in [0, 0.1) is 20.2 Å². The third-order valence-electron chi connectivity index (χ3n) is 2.83. The SMILES string of the molecule is CC1(C)CN1c1ccc([N+](=O)[O-])cc1[N+](=O)[O-]. The molecule has 0 aliphatic carbocycles. The predicted molar refractivity (Wildman–Crippen MR) is 61.2 cm³/mol. The highest BCUT2D eigenvalue weighted by molar-refractivity contribution is 5.71. The lowest BCUT2D eigenvalue weighted by Gasteiger charge is -2.08. The molecule has 0 aromatic heterocycles. The van der Waals surface area contributed by atoms with Crippen LogP contribution in [0.1, 0.15) is 13.8 Å². The molecule has 17 heavy (non-hydrogen) atoms. The van der Waals surface area contributed by atoms with Crippen LogP contribution in [0.4, 0.5) is 17.1 Å². The molecule has 7 heteroatoms. The molecule has 90 valence electrons. The molecule has 1 saturated heterocycles. The quantitative estimate of drug-likeness (QED) is 0.456. The van der Waals surface area contributed by atoms with Crippen molar-refractivity contribution in [2.45, 2.75) is 19.4 Å². The summed E-state index contributed by atoms with van der Waals surface area (Å²) in [6.45, 7) is 4.63. The van der Waals surface area contributed by atoms with E-state index in [9.17, 15) is 20.2 Å². The summed E-state index contributed by atoms with van der Waals surface area (Å²) in [5, 5.41) is 21.5. The van der Waals surface area contributed by atoms with Crippen molar-refractivity contribution in [1.82, 2.24) is 0 Å². The lowest BCUT2D eigenvalue weighted by atomic mass is 10.2. The molecule has 0 N–H and O–H groups in total. The fraction of sp³-hybridized carbons (Fsp3) is 0.400. The molecule has 1 aromatic rings. The van der Waals surface area contributed by atoms with Crippen LogP contribution in [0.15, 0.2) is 18.2 Å². The summed E-state index contributed by atoms with van der Waals surface area (Å²) in [5.41, 5.74) is -0.156. The Kier molecular flexibility index (Phi) is 2.27. The first-order valence-electron chi connectivity index (χ1n) is 5.03. The number of nitro benzene ring substituents is 2. The van der Waals surface area contributed by atoms with Gasteiger partial charge in [0.15, 0.2) is 0 Å². The van der Waals surface area contributed by atoms with Crippen LogP contribution in [0.2, 0.25) is 0 Å². The normalized spacial score (nSPS) is 16.7. The molecule has 2 rings (SSSR count). The van der Waals surface area contributed by atoms with Crippen LogP contribution < -0.4 is 4.90 Å². The molecule has 0 saturated carbocycles. The van der Waals surface area contributed by atoms with Crippen molar-refractivity contribution >= 4 is 17.1 Å². The molecule has 1 aliphatic rings. The van der Waals surface area contributed by atoms with E-state index in [0.29, 0.717) is 12.2 Å². The van der Waals surface area contributed by atoms with E-state index in [2.05, 4.69) is 0 Å². The monoisotopic (exact) mass is 237 g/mol. The van der Waals surface area contributed by atoms with Crippen molar-refractivity contribution in [2.75, 3.05) is 11.4 Å². The molecular weight excluding hydrogens is 226 g/mol. The van der Waals surface area contributed by atoms with Gasteiger partial charge in [-0.2, -0.15) is 0 Å². The second-order valence-corrected chi connectivity index (χ2v) is 4.59. The van der Waals surface area contributed by atoms with E-state index in [0.717, 1.165) is 6.07 Å². The molecule has 1 heterocycles. The van der Waals surface area contributed by atoms with Crippen molar-refractivity contribution in [3.63, 3.8) is 0 Å². The van der Waals surface area contributed by atoms with Gasteiger partial charge in [-0.3, -0.25) is 20.2 Å². The fourth-order valence-electron chi connectivity index (χ4n) is 1.76. The Morgan fingerprint density at radius 2 is 1.82 bits per heavy atom. The minimum absolute atomic E-state index is 0.110. The van der Waals surface area contributed by atoms with Crippen LogP contribution in [-0.4, -0.2) is 21.9 Å². The number of anilines is 1. The van der Waals surface area contributed by atoms with Gasteiger partial charge in [0.25, 0.3) is 11.4 Å². The zero-order chi connectivity index (χ0) is 12.8. The van der Waals surface area contributed by atoms with E-state index < -0.39 is 9.85 Å². The smallest absolute Gasteiger partial charge is 0.299 e. The van der Waals surface area contributed by atoms with Crippen molar-refractivity contribution in [1.29, 1.82) is 0 Å². The third-order valence-corrected chi connectivity index (χ3v) is 2.83.